The maximum atomic E-state index is 10.0. The molecule has 1 atom stereocenters. The number of hydrogen-bond donors (Lipinski definition) is 1. The molecule has 1 N–H and O–H groups in total. The van der Waals surface area contributed by atoms with Gasteiger partial charge in [-0.05, 0) is 25.7 Å². The smallest absolute Gasteiger partial charge is 0.0763 e. The molecule has 2 saturated carbocycles. The molecule has 0 spiro atoms. The first-order valence-electron chi connectivity index (χ1n) is 7.81. The molecule has 106 valence electrons. The maximum absolute atomic E-state index is 10.0. The molecule has 0 aromatic heterocycles. The summed E-state index contributed by atoms with van der Waals surface area (Å²) < 4.78 is 0. The van der Waals surface area contributed by atoms with Crippen LogP contribution in [0.3, 0.4) is 0 Å². The summed E-state index contributed by atoms with van der Waals surface area (Å²) in [5.41, 5.74) is 0. The van der Waals surface area contributed by atoms with Gasteiger partial charge in [0.25, 0.3) is 0 Å². The molecule has 2 rings (SSSR count). The molecule has 0 aromatic carbocycles. The van der Waals surface area contributed by atoms with Gasteiger partial charge in [-0.15, -0.1) is 0 Å². The van der Waals surface area contributed by atoms with Crippen LogP contribution in [0.2, 0.25) is 0 Å². The Bertz CT molecular complexity index is 207. The number of hydrogen-bond acceptors (Lipinski definition) is 2. The molecule has 2 aliphatic rings. The van der Waals surface area contributed by atoms with Gasteiger partial charge in [0.1, 0.15) is 0 Å². The van der Waals surface area contributed by atoms with Crippen molar-refractivity contribution in [2.24, 2.45) is 0 Å². The average Bonchev–Trinajstić information content (AvgIpc) is 2.46. The molecule has 3 heteroatoms. The van der Waals surface area contributed by atoms with Crippen LogP contribution < -0.4 is 0 Å². The van der Waals surface area contributed by atoms with Crippen LogP contribution in [0.25, 0.3) is 0 Å². The van der Waals surface area contributed by atoms with Gasteiger partial charge in [-0.1, -0.05) is 54.5 Å². The second kappa shape index (κ2) is 7.86. The average molecular weight is 318 g/mol. The molecule has 0 aliphatic heterocycles. The summed E-state index contributed by atoms with van der Waals surface area (Å²) in [5, 5.41) is 10.7. The molecular weight excluding hydrogens is 290 g/mol. The van der Waals surface area contributed by atoms with Gasteiger partial charge in [-0.2, -0.15) is 0 Å². The minimum atomic E-state index is -0.200. The van der Waals surface area contributed by atoms with Crippen LogP contribution in [0.1, 0.15) is 64.2 Å². The summed E-state index contributed by atoms with van der Waals surface area (Å²) in [5.74, 6) is 0. The third-order valence-electron chi connectivity index (χ3n) is 4.69. The summed E-state index contributed by atoms with van der Waals surface area (Å²) in [6, 6.07) is 1.49. The van der Waals surface area contributed by atoms with Gasteiger partial charge < -0.3 is 5.11 Å². The van der Waals surface area contributed by atoms with Crippen LogP contribution in [-0.2, 0) is 0 Å². The SMILES string of the molecule is OC(CBr)CN(C1CCCCC1)C1CCCCC1. The maximum Gasteiger partial charge on any atom is 0.0763 e. The molecule has 0 aromatic rings. The van der Waals surface area contributed by atoms with E-state index in [4.69, 9.17) is 0 Å². The quantitative estimate of drug-likeness (QED) is 0.781. The highest BCUT2D eigenvalue weighted by atomic mass is 79.9. The van der Waals surface area contributed by atoms with Gasteiger partial charge in [0.2, 0.25) is 0 Å². The van der Waals surface area contributed by atoms with Crippen LogP contribution >= 0.6 is 15.9 Å². The molecular formula is C15H28BrNO. The fourth-order valence-electron chi connectivity index (χ4n) is 3.71. The van der Waals surface area contributed by atoms with Crippen LogP contribution in [-0.4, -0.2) is 40.1 Å². The zero-order valence-electron chi connectivity index (χ0n) is 11.5. The van der Waals surface area contributed by atoms with Gasteiger partial charge in [0.05, 0.1) is 6.10 Å². The molecule has 18 heavy (non-hydrogen) atoms. The van der Waals surface area contributed by atoms with Crippen molar-refractivity contribution in [1.29, 1.82) is 0 Å². The second-order valence-corrected chi connectivity index (χ2v) is 6.74. The zero-order chi connectivity index (χ0) is 12.8. The molecule has 1 unspecified atom stereocenters. The van der Waals surface area contributed by atoms with Crippen molar-refractivity contribution in [2.75, 3.05) is 11.9 Å². The number of alkyl halides is 1. The molecule has 2 aliphatic carbocycles. The summed E-state index contributed by atoms with van der Waals surface area (Å²) >= 11 is 3.41. The first-order chi connectivity index (χ1) is 8.81. The van der Waals surface area contributed by atoms with Crippen molar-refractivity contribution < 1.29 is 5.11 Å². The molecule has 0 bridgehead atoms. The number of rotatable bonds is 5. The van der Waals surface area contributed by atoms with E-state index in [-0.39, 0.29) is 6.10 Å². The molecule has 0 radical (unpaired) electrons. The molecule has 2 fully saturated rings. The van der Waals surface area contributed by atoms with Gasteiger partial charge in [0.15, 0.2) is 0 Å². The summed E-state index contributed by atoms with van der Waals surface area (Å²) in [4.78, 5) is 2.67. The molecule has 0 saturated heterocycles. The van der Waals surface area contributed by atoms with E-state index in [0.29, 0.717) is 5.33 Å². The van der Waals surface area contributed by atoms with E-state index in [1.165, 1.54) is 64.2 Å². The van der Waals surface area contributed by atoms with E-state index in [2.05, 4.69) is 20.8 Å². The van der Waals surface area contributed by atoms with Crippen molar-refractivity contribution in [1.82, 2.24) is 4.90 Å². The third-order valence-corrected chi connectivity index (χ3v) is 5.43. The van der Waals surface area contributed by atoms with Crippen LogP contribution in [0.4, 0.5) is 0 Å². The first kappa shape index (κ1) is 14.8. The molecule has 0 amide bonds. The fourth-order valence-corrected chi connectivity index (χ4v) is 3.92. The Kier molecular flexibility index (Phi) is 6.46. The van der Waals surface area contributed by atoms with Crippen molar-refractivity contribution in [3.63, 3.8) is 0 Å². The highest BCUT2D eigenvalue weighted by Crippen LogP contribution is 2.30. The number of aliphatic hydroxyl groups excluding tert-OH is 1. The topological polar surface area (TPSA) is 23.5 Å². The fraction of sp³-hybridized carbons (Fsp3) is 1.00. The second-order valence-electron chi connectivity index (χ2n) is 6.09. The van der Waals surface area contributed by atoms with Crippen molar-refractivity contribution in [3.05, 3.63) is 0 Å². The Hall–Kier alpha value is 0.400. The van der Waals surface area contributed by atoms with Crippen molar-refractivity contribution in [3.8, 4) is 0 Å². The van der Waals surface area contributed by atoms with Gasteiger partial charge >= 0.3 is 0 Å². The predicted octanol–water partition coefficient (Wildman–Crippen LogP) is 3.71. The van der Waals surface area contributed by atoms with Gasteiger partial charge in [0, 0.05) is 24.0 Å². The Balaban J connectivity index is 1.95. The van der Waals surface area contributed by atoms with E-state index >= 15 is 0 Å². The van der Waals surface area contributed by atoms with E-state index in [1.54, 1.807) is 0 Å². The monoisotopic (exact) mass is 317 g/mol. The molecule has 2 nitrogen and oxygen atoms in total. The van der Waals surface area contributed by atoms with Crippen LogP contribution in [0.5, 0.6) is 0 Å². The van der Waals surface area contributed by atoms with E-state index < -0.39 is 0 Å². The Morgan fingerprint density at radius 1 is 0.889 bits per heavy atom. The third kappa shape index (κ3) is 4.21. The van der Waals surface area contributed by atoms with E-state index in [9.17, 15) is 5.11 Å². The zero-order valence-corrected chi connectivity index (χ0v) is 13.1. The minimum Gasteiger partial charge on any atom is -0.391 e. The van der Waals surface area contributed by atoms with E-state index in [0.717, 1.165) is 18.6 Å². The number of halogens is 1. The Morgan fingerprint density at radius 2 is 1.33 bits per heavy atom. The largest absolute Gasteiger partial charge is 0.391 e. The lowest BCUT2D eigenvalue weighted by Crippen LogP contribution is -2.48. The molecule has 0 heterocycles. The minimum absolute atomic E-state index is 0.200. The lowest BCUT2D eigenvalue weighted by molar-refractivity contribution is 0.0373. The Labute approximate surface area is 120 Å². The van der Waals surface area contributed by atoms with Crippen LogP contribution in [0.15, 0.2) is 0 Å². The summed E-state index contributed by atoms with van der Waals surface area (Å²) in [7, 11) is 0. The number of nitrogens with zero attached hydrogens (tertiary/aromatic N) is 1. The highest BCUT2D eigenvalue weighted by molar-refractivity contribution is 9.09. The lowest BCUT2D eigenvalue weighted by Gasteiger charge is -2.42. The van der Waals surface area contributed by atoms with Gasteiger partial charge in [-0.25, -0.2) is 0 Å². The van der Waals surface area contributed by atoms with Crippen molar-refractivity contribution >= 4 is 15.9 Å². The number of aliphatic hydroxyl groups is 1. The predicted molar refractivity (Wildman–Crippen MR) is 80.3 cm³/mol. The normalized spacial score (nSPS) is 25.5. The van der Waals surface area contributed by atoms with Crippen molar-refractivity contribution in [2.45, 2.75) is 82.4 Å². The van der Waals surface area contributed by atoms with Gasteiger partial charge in [-0.3, -0.25) is 4.90 Å². The Morgan fingerprint density at radius 3 is 1.72 bits per heavy atom. The summed E-state index contributed by atoms with van der Waals surface area (Å²) in [6.07, 6.45) is 13.6. The highest BCUT2D eigenvalue weighted by Gasteiger charge is 2.29. The van der Waals surface area contributed by atoms with E-state index in [1.807, 2.05) is 0 Å². The standard InChI is InChI=1S/C15H28BrNO/c16-11-15(18)12-17(13-7-3-1-4-8-13)14-9-5-2-6-10-14/h13-15,18H,1-12H2. The lowest BCUT2D eigenvalue weighted by atomic mass is 9.88. The van der Waals surface area contributed by atoms with Crippen LogP contribution in [0, 0.1) is 0 Å². The first-order valence-corrected chi connectivity index (χ1v) is 8.93. The summed E-state index contributed by atoms with van der Waals surface area (Å²) in [6.45, 7) is 0.876.